The second-order valence-electron chi connectivity index (χ2n) is 4.89. The third-order valence-electron chi connectivity index (χ3n) is 3.31. The van der Waals surface area contributed by atoms with E-state index in [0.29, 0.717) is 6.54 Å². The molecule has 0 amide bonds. The highest BCUT2D eigenvalue weighted by atomic mass is 16.3. The molecule has 0 aromatic carbocycles. The Balaban J connectivity index is 2.05. The minimum absolute atomic E-state index is 0.545. The van der Waals surface area contributed by atoms with Gasteiger partial charge in [0, 0.05) is 25.7 Å². The highest BCUT2D eigenvalue weighted by molar-refractivity contribution is 4.84. The topological polar surface area (TPSA) is 35.5 Å². The first-order valence-electron chi connectivity index (χ1n) is 6.26. The molecule has 3 nitrogen and oxygen atoms in total. The number of aliphatic hydroxyl groups is 1. The van der Waals surface area contributed by atoms with Crippen LogP contribution in [0.4, 0.5) is 0 Å². The van der Waals surface area contributed by atoms with Gasteiger partial charge in [-0.15, -0.1) is 0 Å². The van der Waals surface area contributed by atoms with E-state index in [-0.39, 0.29) is 0 Å². The molecule has 1 aliphatic carbocycles. The van der Waals surface area contributed by atoms with Crippen molar-refractivity contribution in [3.63, 3.8) is 0 Å². The fourth-order valence-corrected chi connectivity index (χ4v) is 1.74. The summed E-state index contributed by atoms with van der Waals surface area (Å²) in [4.78, 5) is 2.52. The molecule has 2 N–H and O–H groups in total. The van der Waals surface area contributed by atoms with Crippen molar-refractivity contribution >= 4 is 0 Å². The van der Waals surface area contributed by atoms with Gasteiger partial charge < -0.3 is 10.4 Å². The Labute approximate surface area is 93.9 Å². The van der Waals surface area contributed by atoms with E-state index in [0.717, 1.165) is 32.1 Å². The van der Waals surface area contributed by atoms with Crippen LogP contribution in [0.5, 0.6) is 0 Å². The molecule has 0 saturated heterocycles. The van der Waals surface area contributed by atoms with E-state index in [1.165, 1.54) is 12.8 Å². The molecular formula is C12H26N2O. The number of rotatable bonds is 8. The molecule has 1 fully saturated rings. The van der Waals surface area contributed by atoms with Crippen LogP contribution in [0.2, 0.25) is 0 Å². The molecule has 0 heterocycles. The van der Waals surface area contributed by atoms with E-state index in [4.69, 9.17) is 0 Å². The van der Waals surface area contributed by atoms with Gasteiger partial charge in [0.15, 0.2) is 0 Å². The molecule has 0 bridgehead atoms. The molecule has 1 atom stereocenters. The van der Waals surface area contributed by atoms with Gasteiger partial charge in [-0.2, -0.15) is 0 Å². The minimum Gasteiger partial charge on any atom is -0.389 e. The fraction of sp³-hybridized carbons (Fsp3) is 1.00. The number of likely N-dealkylation sites (N-methyl/N-ethyl adjacent to an activating group) is 1. The molecule has 0 spiro atoms. The van der Waals surface area contributed by atoms with E-state index in [9.17, 15) is 5.11 Å². The molecule has 0 aromatic rings. The van der Waals surface area contributed by atoms with Gasteiger partial charge in [0.1, 0.15) is 0 Å². The second-order valence-corrected chi connectivity index (χ2v) is 4.89. The van der Waals surface area contributed by atoms with E-state index in [1.807, 2.05) is 13.8 Å². The Morgan fingerprint density at radius 1 is 1.40 bits per heavy atom. The molecule has 1 saturated carbocycles. The lowest BCUT2D eigenvalue weighted by molar-refractivity contribution is 0.0553. The molecule has 90 valence electrons. The summed E-state index contributed by atoms with van der Waals surface area (Å²) in [6.07, 6.45) is 3.56. The summed E-state index contributed by atoms with van der Waals surface area (Å²) >= 11 is 0. The van der Waals surface area contributed by atoms with Crippen LogP contribution in [-0.4, -0.2) is 47.8 Å². The van der Waals surface area contributed by atoms with Gasteiger partial charge in [-0.05, 0) is 32.7 Å². The SMILES string of the molecule is CCN(CCNCC(C)(O)CC)C1CC1. The van der Waals surface area contributed by atoms with Gasteiger partial charge in [0.25, 0.3) is 0 Å². The van der Waals surface area contributed by atoms with Crippen LogP contribution in [0.1, 0.15) is 40.0 Å². The Kier molecular flexibility index (Phi) is 5.03. The molecule has 0 aromatic heterocycles. The van der Waals surface area contributed by atoms with Gasteiger partial charge in [-0.1, -0.05) is 13.8 Å². The fourth-order valence-electron chi connectivity index (χ4n) is 1.74. The number of hydrogen-bond acceptors (Lipinski definition) is 3. The van der Waals surface area contributed by atoms with Gasteiger partial charge in [0.05, 0.1) is 5.60 Å². The molecule has 15 heavy (non-hydrogen) atoms. The first-order chi connectivity index (χ1) is 7.09. The van der Waals surface area contributed by atoms with Crippen LogP contribution in [0.3, 0.4) is 0 Å². The van der Waals surface area contributed by atoms with Gasteiger partial charge in [-0.25, -0.2) is 0 Å². The molecular weight excluding hydrogens is 188 g/mol. The quantitative estimate of drug-likeness (QED) is 0.596. The zero-order valence-corrected chi connectivity index (χ0v) is 10.4. The average molecular weight is 214 g/mol. The lowest BCUT2D eigenvalue weighted by atomic mass is 10.0. The molecule has 3 heteroatoms. The zero-order chi connectivity index (χ0) is 11.3. The minimum atomic E-state index is -0.545. The molecule has 1 rings (SSSR count). The Morgan fingerprint density at radius 2 is 2.07 bits per heavy atom. The third kappa shape index (κ3) is 4.96. The van der Waals surface area contributed by atoms with Crippen molar-refractivity contribution in [2.75, 3.05) is 26.2 Å². The number of hydrogen-bond donors (Lipinski definition) is 2. The van der Waals surface area contributed by atoms with E-state index < -0.39 is 5.60 Å². The van der Waals surface area contributed by atoms with Crippen LogP contribution >= 0.6 is 0 Å². The molecule has 1 unspecified atom stereocenters. The van der Waals surface area contributed by atoms with Crippen molar-refractivity contribution in [1.29, 1.82) is 0 Å². The van der Waals surface area contributed by atoms with Crippen molar-refractivity contribution in [2.45, 2.75) is 51.7 Å². The van der Waals surface area contributed by atoms with Crippen molar-refractivity contribution in [1.82, 2.24) is 10.2 Å². The third-order valence-corrected chi connectivity index (χ3v) is 3.31. The smallest absolute Gasteiger partial charge is 0.0740 e. The van der Waals surface area contributed by atoms with Crippen LogP contribution in [0, 0.1) is 0 Å². The van der Waals surface area contributed by atoms with E-state index >= 15 is 0 Å². The van der Waals surface area contributed by atoms with Crippen LogP contribution in [-0.2, 0) is 0 Å². The van der Waals surface area contributed by atoms with E-state index in [1.54, 1.807) is 0 Å². The lowest BCUT2D eigenvalue weighted by Crippen LogP contribution is -2.41. The summed E-state index contributed by atoms with van der Waals surface area (Å²) in [5.41, 5.74) is -0.545. The maximum atomic E-state index is 9.79. The molecule has 1 aliphatic rings. The Morgan fingerprint density at radius 3 is 2.53 bits per heavy atom. The lowest BCUT2D eigenvalue weighted by Gasteiger charge is -2.24. The second kappa shape index (κ2) is 5.83. The number of nitrogens with one attached hydrogen (secondary N) is 1. The van der Waals surface area contributed by atoms with Crippen molar-refractivity contribution in [3.8, 4) is 0 Å². The summed E-state index contributed by atoms with van der Waals surface area (Å²) in [5, 5.41) is 13.1. The maximum Gasteiger partial charge on any atom is 0.0740 e. The van der Waals surface area contributed by atoms with Crippen LogP contribution in [0.25, 0.3) is 0 Å². The van der Waals surface area contributed by atoms with Crippen molar-refractivity contribution < 1.29 is 5.11 Å². The van der Waals surface area contributed by atoms with Gasteiger partial charge in [-0.3, -0.25) is 4.90 Å². The van der Waals surface area contributed by atoms with E-state index in [2.05, 4.69) is 17.1 Å². The Hall–Kier alpha value is -0.120. The highest BCUT2D eigenvalue weighted by Gasteiger charge is 2.27. The summed E-state index contributed by atoms with van der Waals surface area (Å²) in [5.74, 6) is 0. The summed E-state index contributed by atoms with van der Waals surface area (Å²) < 4.78 is 0. The summed E-state index contributed by atoms with van der Waals surface area (Å²) in [7, 11) is 0. The largest absolute Gasteiger partial charge is 0.389 e. The monoisotopic (exact) mass is 214 g/mol. The summed E-state index contributed by atoms with van der Waals surface area (Å²) in [6, 6.07) is 0.850. The first kappa shape index (κ1) is 12.9. The van der Waals surface area contributed by atoms with Crippen molar-refractivity contribution in [2.24, 2.45) is 0 Å². The van der Waals surface area contributed by atoms with Gasteiger partial charge in [0.2, 0.25) is 0 Å². The van der Waals surface area contributed by atoms with Crippen LogP contribution < -0.4 is 5.32 Å². The zero-order valence-electron chi connectivity index (χ0n) is 10.4. The predicted octanol–water partition coefficient (Wildman–Crippen LogP) is 1.22. The van der Waals surface area contributed by atoms with Crippen molar-refractivity contribution in [3.05, 3.63) is 0 Å². The average Bonchev–Trinajstić information content (AvgIpc) is 3.02. The van der Waals surface area contributed by atoms with Gasteiger partial charge >= 0.3 is 0 Å². The molecule has 0 radical (unpaired) electrons. The number of nitrogens with zero attached hydrogens (tertiary/aromatic N) is 1. The predicted molar refractivity (Wildman–Crippen MR) is 64.1 cm³/mol. The first-order valence-corrected chi connectivity index (χ1v) is 6.26. The standard InChI is InChI=1S/C12H26N2O/c1-4-12(3,15)10-13-8-9-14(5-2)11-6-7-11/h11,13,15H,4-10H2,1-3H3. The molecule has 0 aliphatic heterocycles. The normalized spacial score (nSPS) is 20.6. The van der Waals surface area contributed by atoms with Crippen LogP contribution in [0.15, 0.2) is 0 Å². The summed E-state index contributed by atoms with van der Waals surface area (Å²) in [6.45, 7) is 10.1. The maximum absolute atomic E-state index is 9.79. The highest BCUT2D eigenvalue weighted by Crippen LogP contribution is 2.25. The Bertz CT molecular complexity index is 178.